The van der Waals surface area contributed by atoms with E-state index in [2.05, 4.69) is 25.5 Å². The first-order valence-corrected chi connectivity index (χ1v) is 9.57. The molecule has 0 aliphatic carbocycles. The Labute approximate surface area is 164 Å². The molecule has 0 spiro atoms. The maximum absolute atomic E-state index is 12.7. The monoisotopic (exact) mass is 376 g/mol. The number of carbonyl (C=O) groups excluding carboxylic acids is 1. The van der Waals surface area contributed by atoms with Gasteiger partial charge in [-0.25, -0.2) is 4.68 Å². The number of aromatic nitrogens is 4. The lowest BCUT2D eigenvalue weighted by Crippen LogP contribution is -2.38. The SMILES string of the molecule is Cc1cccc(C)c1NC(=O)C1CCN(c2ccc(-n3cccn3)nn2)CC1. The fraction of sp³-hybridized carbons (Fsp3) is 0.333. The molecule has 2 aromatic heterocycles. The summed E-state index contributed by atoms with van der Waals surface area (Å²) >= 11 is 0. The average Bonchev–Trinajstić information content (AvgIpc) is 3.26. The standard InChI is InChI=1S/C21H24N6O/c1-15-5-3-6-16(2)20(15)23-21(28)17-9-13-26(14-10-17)18-7-8-19(25-24-18)27-12-4-11-22-27/h3-8,11-12,17H,9-10,13-14H2,1-2H3,(H,23,28). The first-order chi connectivity index (χ1) is 13.6. The number of para-hydroxylation sites is 1. The van der Waals surface area contributed by atoms with Gasteiger partial charge in [0.15, 0.2) is 11.6 Å². The van der Waals surface area contributed by atoms with Gasteiger partial charge in [0, 0.05) is 37.1 Å². The van der Waals surface area contributed by atoms with Crippen molar-refractivity contribution in [3.05, 3.63) is 59.9 Å². The van der Waals surface area contributed by atoms with Crippen LogP contribution in [0.15, 0.2) is 48.8 Å². The Bertz CT molecular complexity index is 923. The zero-order valence-electron chi connectivity index (χ0n) is 16.2. The molecule has 1 saturated heterocycles. The molecule has 28 heavy (non-hydrogen) atoms. The number of hydrogen-bond acceptors (Lipinski definition) is 5. The predicted octanol–water partition coefficient (Wildman–Crippen LogP) is 3.13. The summed E-state index contributed by atoms with van der Waals surface area (Å²) in [4.78, 5) is 14.9. The van der Waals surface area contributed by atoms with Crippen molar-refractivity contribution in [3.63, 3.8) is 0 Å². The van der Waals surface area contributed by atoms with Crippen LogP contribution in [-0.2, 0) is 4.79 Å². The number of anilines is 2. The number of nitrogens with zero attached hydrogens (tertiary/aromatic N) is 5. The molecule has 1 aliphatic rings. The Morgan fingerprint density at radius 3 is 2.29 bits per heavy atom. The summed E-state index contributed by atoms with van der Waals surface area (Å²) in [7, 11) is 0. The summed E-state index contributed by atoms with van der Waals surface area (Å²) in [6, 6.07) is 11.8. The van der Waals surface area contributed by atoms with Gasteiger partial charge in [-0.15, -0.1) is 10.2 Å². The van der Waals surface area contributed by atoms with Crippen LogP contribution in [0.1, 0.15) is 24.0 Å². The Morgan fingerprint density at radius 1 is 1.00 bits per heavy atom. The molecular formula is C21H24N6O. The summed E-state index contributed by atoms with van der Waals surface area (Å²) in [5, 5.41) is 15.9. The molecule has 0 atom stereocenters. The zero-order valence-corrected chi connectivity index (χ0v) is 16.2. The van der Waals surface area contributed by atoms with E-state index in [0.29, 0.717) is 5.82 Å². The lowest BCUT2D eigenvalue weighted by Gasteiger charge is -2.32. The van der Waals surface area contributed by atoms with Gasteiger partial charge >= 0.3 is 0 Å². The van der Waals surface area contributed by atoms with Crippen molar-refractivity contribution in [3.8, 4) is 5.82 Å². The van der Waals surface area contributed by atoms with E-state index in [1.54, 1.807) is 10.9 Å². The fourth-order valence-electron chi connectivity index (χ4n) is 3.62. The van der Waals surface area contributed by atoms with Gasteiger partial charge in [0.2, 0.25) is 5.91 Å². The number of aryl methyl sites for hydroxylation is 2. The van der Waals surface area contributed by atoms with Crippen LogP contribution in [-0.4, -0.2) is 39.0 Å². The van der Waals surface area contributed by atoms with Crippen LogP contribution in [0.25, 0.3) is 5.82 Å². The zero-order chi connectivity index (χ0) is 19.5. The number of nitrogens with one attached hydrogen (secondary N) is 1. The Balaban J connectivity index is 1.36. The van der Waals surface area contributed by atoms with Crippen LogP contribution in [0, 0.1) is 19.8 Å². The van der Waals surface area contributed by atoms with Gasteiger partial charge in [-0.2, -0.15) is 5.10 Å². The third kappa shape index (κ3) is 3.74. The minimum absolute atomic E-state index is 0.0200. The highest BCUT2D eigenvalue weighted by molar-refractivity contribution is 5.94. The predicted molar refractivity (Wildman–Crippen MR) is 109 cm³/mol. The topological polar surface area (TPSA) is 75.9 Å². The number of benzene rings is 1. The second-order valence-electron chi connectivity index (χ2n) is 7.22. The summed E-state index contributed by atoms with van der Waals surface area (Å²) in [5.74, 6) is 1.66. The highest BCUT2D eigenvalue weighted by Crippen LogP contribution is 2.25. The van der Waals surface area contributed by atoms with Crippen LogP contribution in [0.5, 0.6) is 0 Å². The number of rotatable bonds is 4. The summed E-state index contributed by atoms with van der Waals surface area (Å²) in [5.41, 5.74) is 3.13. The third-order valence-corrected chi connectivity index (χ3v) is 5.29. The molecule has 1 amide bonds. The first kappa shape index (κ1) is 18.2. The van der Waals surface area contributed by atoms with Crippen molar-refractivity contribution in [1.82, 2.24) is 20.0 Å². The molecule has 0 unspecified atom stereocenters. The quantitative estimate of drug-likeness (QED) is 0.757. The maximum Gasteiger partial charge on any atom is 0.227 e. The number of hydrogen-bond donors (Lipinski definition) is 1. The van der Waals surface area contributed by atoms with E-state index in [4.69, 9.17) is 0 Å². The minimum Gasteiger partial charge on any atom is -0.355 e. The van der Waals surface area contributed by atoms with Gasteiger partial charge in [-0.1, -0.05) is 18.2 Å². The molecule has 0 radical (unpaired) electrons. The largest absolute Gasteiger partial charge is 0.355 e. The molecule has 3 aromatic rings. The molecule has 144 valence electrons. The van der Waals surface area contributed by atoms with Gasteiger partial charge in [0.25, 0.3) is 0 Å². The molecule has 0 bridgehead atoms. The van der Waals surface area contributed by atoms with Crippen molar-refractivity contribution < 1.29 is 4.79 Å². The van der Waals surface area contributed by atoms with E-state index in [1.807, 2.05) is 56.4 Å². The van der Waals surface area contributed by atoms with E-state index in [9.17, 15) is 4.79 Å². The maximum atomic E-state index is 12.7. The summed E-state index contributed by atoms with van der Waals surface area (Å²) in [6.07, 6.45) is 5.16. The molecule has 1 aromatic carbocycles. The van der Waals surface area contributed by atoms with Crippen LogP contribution < -0.4 is 10.2 Å². The van der Waals surface area contributed by atoms with Gasteiger partial charge in [0.05, 0.1) is 0 Å². The van der Waals surface area contributed by atoms with Crippen LogP contribution >= 0.6 is 0 Å². The highest BCUT2D eigenvalue weighted by Gasteiger charge is 2.26. The van der Waals surface area contributed by atoms with Gasteiger partial charge in [0.1, 0.15) is 0 Å². The average molecular weight is 376 g/mol. The number of carbonyl (C=O) groups is 1. The Kier molecular flexibility index (Phi) is 5.06. The van der Waals surface area contributed by atoms with Gasteiger partial charge < -0.3 is 10.2 Å². The first-order valence-electron chi connectivity index (χ1n) is 9.57. The lowest BCUT2D eigenvalue weighted by atomic mass is 9.95. The molecule has 1 fully saturated rings. The van der Waals surface area contributed by atoms with E-state index < -0.39 is 0 Å². The minimum atomic E-state index is 0.0200. The normalized spacial score (nSPS) is 14.9. The lowest BCUT2D eigenvalue weighted by molar-refractivity contribution is -0.120. The van der Waals surface area contributed by atoms with Crippen molar-refractivity contribution in [1.29, 1.82) is 0 Å². The third-order valence-electron chi connectivity index (χ3n) is 5.29. The molecule has 0 saturated carbocycles. The highest BCUT2D eigenvalue weighted by atomic mass is 16.1. The fourth-order valence-corrected chi connectivity index (χ4v) is 3.62. The molecule has 7 heteroatoms. The Hall–Kier alpha value is -3.22. The molecular weight excluding hydrogens is 352 g/mol. The van der Waals surface area contributed by atoms with Crippen molar-refractivity contribution in [2.45, 2.75) is 26.7 Å². The number of amides is 1. The second-order valence-corrected chi connectivity index (χ2v) is 7.22. The van der Waals surface area contributed by atoms with Crippen molar-refractivity contribution in [2.75, 3.05) is 23.3 Å². The Morgan fingerprint density at radius 2 is 1.68 bits per heavy atom. The van der Waals surface area contributed by atoms with E-state index in [0.717, 1.165) is 48.6 Å². The molecule has 7 nitrogen and oxygen atoms in total. The van der Waals surface area contributed by atoms with Gasteiger partial charge in [-0.05, 0) is 56.0 Å². The van der Waals surface area contributed by atoms with E-state index in [1.165, 1.54) is 0 Å². The second kappa shape index (κ2) is 7.80. The molecule has 4 rings (SSSR count). The summed E-state index contributed by atoms with van der Waals surface area (Å²) in [6.45, 7) is 5.63. The van der Waals surface area contributed by atoms with Crippen LogP contribution in [0.4, 0.5) is 11.5 Å². The van der Waals surface area contributed by atoms with Gasteiger partial charge in [-0.3, -0.25) is 4.79 Å². The molecule has 3 heterocycles. The van der Waals surface area contributed by atoms with E-state index >= 15 is 0 Å². The van der Waals surface area contributed by atoms with Crippen molar-refractivity contribution >= 4 is 17.4 Å². The van der Waals surface area contributed by atoms with Crippen LogP contribution in [0.3, 0.4) is 0 Å². The number of piperidine rings is 1. The van der Waals surface area contributed by atoms with Crippen molar-refractivity contribution in [2.24, 2.45) is 5.92 Å². The van der Waals surface area contributed by atoms with E-state index in [-0.39, 0.29) is 11.8 Å². The molecule has 1 aliphatic heterocycles. The summed E-state index contributed by atoms with van der Waals surface area (Å²) < 4.78 is 1.68. The molecule has 1 N–H and O–H groups in total. The smallest absolute Gasteiger partial charge is 0.227 e. The van der Waals surface area contributed by atoms with Crippen LogP contribution in [0.2, 0.25) is 0 Å².